The van der Waals surface area contributed by atoms with Crippen molar-refractivity contribution in [3.63, 3.8) is 0 Å². The van der Waals surface area contributed by atoms with Crippen LogP contribution in [0.3, 0.4) is 0 Å². The summed E-state index contributed by atoms with van der Waals surface area (Å²) >= 11 is 0. The smallest absolute Gasteiger partial charge is 0.169 e. The fourth-order valence-electron chi connectivity index (χ4n) is 4.57. The Hall–Kier alpha value is -1.93. The second kappa shape index (κ2) is 7.13. The van der Waals surface area contributed by atoms with E-state index in [-0.39, 0.29) is 5.41 Å². The summed E-state index contributed by atoms with van der Waals surface area (Å²) in [6, 6.07) is 19.0. The highest BCUT2D eigenvalue weighted by atomic mass is 16.1. The van der Waals surface area contributed by atoms with E-state index < -0.39 is 0 Å². The lowest BCUT2D eigenvalue weighted by atomic mass is 9.65. The molecule has 0 radical (unpaired) electrons. The van der Waals surface area contributed by atoms with Gasteiger partial charge in [0, 0.05) is 11.0 Å². The van der Waals surface area contributed by atoms with Crippen LogP contribution in [0.5, 0.6) is 0 Å². The molecule has 0 unspecified atom stereocenters. The van der Waals surface area contributed by atoms with Crippen molar-refractivity contribution in [1.29, 1.82) is 0 Å². The number of benzene rings is 2. The Morgan fingerprint density at radius 1 is 0.880 bits per heavy atom. The fraction of sp³-hybridized carbons (Fsp3) is 0.435. The second-order valence-electron chi connectivity index (χ2n) is 7.70. The van der Waals surface area contributed by atoms with Crippen molar-refractivity contribution in [3.05, 3.63) is 71.3 Å². The first-order chi connectivity index (χ1) is 12.3. The molecule has 2 aromatic rings. The molecule has 2 nitrogen and oxygen atoms in total. The Labute approximate surface area is 150 Å². The lowest BCUT2D eigenvalue weighted by Gasteiger charge is -2.43. The summed E-state index contributed by atoms with van der Waals surface area (Å²) < 4.78 is 0. The Kier molecular flexibility index (Phi) is 4.72. The summed E-state index contributed by atoms with van der Waals surface area (Å²) in [6.45, 7) is 3.29. The zero-order chi connectivity index (χ0) is 17.1. The van der Waals surface area contributed by atoms with E-state index in [0.29, 0.717) is 5.78 Å². The lowest BCUT2D eigenvalue weighted by molar-refractivity contribution is 0.0540. The minimum atomic E-state index is -0.0791. The fourth-order valence-corrected chi connectivity index (χ4v) is 4.57. The van der Waals surface area contributed by atoms with Gasteiger partial charge in [0.2, 0.25) is 0 Å². The minimum absolute atomic E-state index is 0.0791. The molecule has 0 bridgehead atoms. The normalized spacial score (nSPS) is 19.8. The minimum Gasteiger partial charge on any atom is -0.303 e. The summed E-state index contributed by atoms with van der Waals surface area (Å²) in [7, 11) is 0. The highest BCUT2D eigenvalue weighted by Gasteiger charge is 2.44. The molecule has 1 fully saturated rings. The molecular weight excluding hydrogens is 306 g/mol. The van der Waals surface area contributed by atoms with E-state index in [0.717, 1.165) is 57.3 Å². The predicted molar refractivity (Wildman–Crippen MR) is 102 cm³/mol. The van der Waals surface area contributed by atoms with Crippen LogP contribution in [0.1, 0.15) is 47.2 Å². The molecule has 0 saturated carbocycles. The van der Waals surface area contributed by atoms with Crippen LogP contribution in [0.25, 0.3) is 0 Å². The molecule has 1 aliphatic heterocycles. The molecule has 2 aromatic carbocycles. The van der Waals surface area contributed by atoms with E-state index in [1.165, 1.54) is 17.5 Å². The van der Waals surface area contributed by atoms with Crippen LogP contribution in [0.4, 0.5) is 0 Å². The largest absolute Gasteiger partial charge is 0.303 e. The molecule has 1 saturated heterocycles. The zero-order valence-corrected chi connectivity index (χ0v) is 14.9. The van der Waals surface area contributed by atoms with Crippen molar-refractivity contribution in [2.24, 2.45) is 5.41 Å². The molecule has 4 rings (SSSR count). The summed E-state index contributed by atoms with van der Waals surface area (Å²) in [4.78, 5) is 15.6. The molecule has 25 heavy (non-hydrogen) atoms. The Balaban J connectivity index is 1.32. The number of Topliss-reactive ketones (excluding diaryl/α,β-unsaturated/α-hetero) is 1. The van der Waals surface area contributed by atoms with Crippen LogP contribution < -0.4 is 0 Å². The third-order valence-electron chi connectivity index (χ3n) is 6.21. The molecule has 2 aliphatic rings. The summed E-state index contributed by atoms with van der Waals surface area (Å²) in [6.07, 6.45) is 6.52. The van der Waals surface area contributed by atoms with Gasteiger partial charge in [0.05, 0.1) is 0 Å². The van der Waals surface area contributed by atoms with Crippen LogP contribution in [0.2, 0.25) is 0 Å². The number of rotatable bonds is 4. The number of hydrogen-bond acceptors (Lipinski definition) is 2. The lowest BCUT2D eigenvalue weighted by Crippen LogP contribution is -2.46. The van der Waals surface area contributed by atoms with Crippen LogP contribution >= 0.6 is 0 Å². The maximum Gasteiger partial charge on any atom is 0.169 e. The summed E-state index contributed by atoms with van der Waals surface area (Å²) in [5.41, 5.74) is 3.59. The van der Waals surface area contributed by atoms with Gasteiger partial charge >= 0.3 is 0 Å². The number of piperidine rings is 1. The number of aryl methyl sites for hydroxylation is 2. The van der Waals surface area contributed by atoms with Gasteiger partial charge in [-0.2, -0.15) is 0 Å². The quantitative estimate of drug-likeness (QED) is 0.819. The molecule has 1 spiro atoms. The Bertz CT molecular complexity index is 729. The van der Waals surface area contributed by atoms with Gasteiger partial charge in [-0.25, -0.2) is 0 Å². The Morgan fingerprint density at radius 2 is 1.60 bits per heavy atom. The number of hydrogen-bond donors (Lipinski definition) is 0. The SMILES string of the molecule is O=C1c2ccccc2CCC12CCN(CCCc1ccccc1)CC2. The number of nitrogens with zero attached hydrogens (tertiary/aromatic N) is 1. The Morgan fingerprint density at radius 3 is 2.40 bits per heavy atom. The number of likely N-dealkylation sites (tertiary alicyclic amines) is 1. The first-order valence-corrected chi connectivity index (χ1v) is 9.66. The van der Waals surface area contributed by atoms with Crippen molar-refractivity contribution in [2.45, 2.75) is 38.5 Å². The van der Waals surface area contributed by atoms with Crippen molar-refractivity contribution in [3.8, 4) is 0 Å². The van der Waals surface area contributed by atoms with E-state index in [1.807, 2.05) is 12.1 Å². The van der Waals surface area contributed by atoms with Crippen molar-refractivity contribution < 1.29 is 4.79 Å². The van der Waals surface area contributed by atoms with Crippen LogP contribution in [0, 0.1) is 5.41 Å². The first kappa shape index (κ1) is 16.5. The molecule has 0 amide bonds. The number of carbonyl (C=O) groups excluding carboxylic acids is 1. The van der Waals surface area contributed by atoms with Gasteiger partial charge in [-0.1, -0.05) is 54.6 Å². The number of ketones is 1. The van der Waals surface area contributed by atoms with Crippen LogP contribution in [0.15, 0.2) is 54.6 Å². The van der Waals surface area contributed by atoms with Crippen LogP contribution in [-0.4, -0.2) is 30.3 Å². The average Bonchev–Trinajstić information content (AvgIpc) is 2.68. The van der Waals surface area contributed by atoms with Gasteiger partial charge in [0.1, 0.15) is 0 Å². The van der Waals surface area contributed by atoms with Gasteiger partial charge < -0.3 is 4.90 Å². The highest BCUT2D eigenvalue weighted by Crippen LogP contribution is 2.43. The molecule has 0 N–H and O–H groups in total. The maximum absolute atomic E-state index is 13.1. The van der Waals surface area contributed by atoms with Gasteiger partial charge in [-0.3, -0.25) is 4.79 Å². The third-order valence-corrected chi connectivity index (χ3v) is 6.21. The van der Waals surface area contributed by atoms with Crippen LogP contribution in [-0.2, 0) is 12.8 Å². The molecule has 0 aromatic heterocycles. The molecule has 1 heterocycles. The molecular formula is C23H27NO. The van der Waals surface area contributed by atoms with Gasteiger partial charge in [0.15, 0.2) is 5.78 Å². The highest BCUT2D eigenvalue weighted by molar-refractivity contribution is 6.02. The average molecular weight is 333 g/mol. The van der Waals surface area contributed by atoms with E-state index in [9.17, 15) is 4.79 Å². The second-order valence-corrected chi connectivity index (χ2v) is 7.70. The summed E-state index contributed by atoms with van der Waals surface area (Å²) in [5.74, 6) is 0.415. The zero-order valence-electron chi connectivity index (χ0n) is 14.9. The maximum atomic E-state index is 13.1. The first-order valence-electron chi connectivity index (χ1n) is 9.66. The molecule has 2 heteroatoms. The van der Waals surface area contributed by atoms with Gasteiger partial charge in [0.25, 0.3) is 0 Å². The molecule has 1 aliphatic carbocycles. The van der Waals surface area contributed by atoms with E-state index in [1.54, 1.807) is 0 Å². The standard InChI is InChI=1S/C23H27NO/c25-22-21-11-5-4-10-20(21)12-13-23(22)14-17-24(18-15-23)16-6-9-19-7-2-1-3-8-19/h1-5,7-8,10-11H,6,9,12-18H2. The topological polar surface area (TPSA) is 20.3 Å². The van der Waals surface area contributed by atoms with Gasteiger partial charge in [-0.05, 0) is 69.3 Å². The molecule has 130 valence electrons. The summed E-state index contributed by atoms with van der Waals surface area (Å²) in [5, 5.41) is 0. The van der Waals surface area contributed by atoms with E-state index in [4.69, 9.17) is 0 Å². The molecule has 0 atom stereocenters. The third kappa shape index (κ3) is 3.41. The van der Waals surface area contributed by atoms with E-state index in [2.05, 4.69) is 47.4 Å². The van der Waals surface area contributed by atoms with Crippen molar-refractivity contribution >= 4 is 5.78 Å². The monoisotopic (exact) mass is 333 g/mol. The number of carbonyl (C=O) groups is 1. The predicted octanol–water partition coefficient (Wildman–Crippen LogP) is 4.53. The van der Waals surface area contributed by atoms with E-state index >= 15 is 0 Å². The van der Waals surface area contributed by atoms with Crippen molar-refractivity contribution in [1.82, 2.24) is 4.90 Å². The number of fused-ring (bicyclic) bond motifs is 1. The van der Waals surface area contributed by atoms with Gasteiger partial charge in [-0.15, -0.1) is 0 Å². The van der Waals surface area contributed by atoms with Crippen molar-refractivity contribution in [2.75, 3.05) is 19.6 Å².